The largest absolute Gasteiger partial charge is 0.355 e. The number of hydrogen-bond donors (Lipinski definition) is 0. The molecule has 6 nitrogen and oxygen atoms in total. The summed E-state index contributed by atoms with van der Waals surface area (Å²) >= 11 is 1.60. The molecule has 0 unspecified atom stereocenters. The van der Waals surface area contributed by atoms with E-state index in [4.69, 9.17) is 9.47 Å². The molecule has 1 fully saturated rings. The van der Waals surface area contributed by atoms with Crippen LogP contribution in [0, 0.1) is 0 Å². The molecule has 1 saturated heterocycles. The molecule has 1 aliphatic rings. The van der Waals surface area contributed by atoms with Gasteiger partial charge in [0.15, 0.2) is 0 Å². The Bertz CT molecular complexity index is 513. The summed E-state index contributed by atoms with van der Waals surface area (Å²) in [6.45, 7) is 1.14. The number of hydrogen-bond acceptors (Lipinski definition) is 6. The predicted octanol–water partition coefficient (Wildman–Crippen LogP) is 1.52. The zero-order chi connectivity index (χ0) is 12.9. The van der Waals surface area contributed by atoms with Gasteiger partial charge < -0.3 is 9.47 Å². The van der Waals surface area contributed by atoms with Crippen molar-refractivity contribution in [3.8, 4) is 5.69 Å². The summed E-state index contributed by atoms with van der Waals surface area (Å²) < 4.78 is 12.4. The van der Waals surface area contributed by atoms with Crippen LogP contribution < -0.4 is 0 Å². The molecule has 2 heterocycles. The summed E-state index contributed by atoms with van der Waals surface area (Å²) in [7, 11) is 0. The van der Waals surface area contributed by atoms with Gasteiger partial charge in [0, 0.05) is 5.75 Å². The number of rotatable bonds is 4. The van der Waals surface area contributed by atoms with E-state index in [1.807, 2.05) is 30.3 Å². The first-order valence-electron chi connectivity index (χ1n) is 6.09. The van der Waals surface area contributed by atoms with Crippen LogP contribution in [0.15, 0.2) is 35.5 Å². The average molecular weight is 278 g/mol. The summed E-state index contributed by atoms with van der Waals surface area (Å²) in [6.07, 6.45) is 1.12. The molecule has 100 valence electrons. The Morgan fingerprint density at radius 1 is 1.32 bits per heavy atom. The fraction of sp³-hybridized carbons (Fsp3) is 0.417. The van der Waals surface area contributed by atoms with Gasteiger partial charge in [0.05, 0.1) is 18.4 Å². The van der Waals surface area contributed by atoms with Crippen LogP contribution in [0.1, 0.15) is 6.42 Å². The molecule has 19 heavy (non-hydrogen) atoms. The van der Waals surface area contributed by atoms with E-state index in [-0.39, 0.29) is 6.10 Å². The zero-order valence-corrected chi connectivity index (χ0v) is 11.1. The van der Waals surface area contributed by atoms with E-state index in [9.17, 15) is 0 Å². The number of nitrogens with zero attached hydrogens (tertiary/aromatic N) is 4. The van der Waals surface area contributed by atoms with Crippen molar-refractivity contribution in [3.05, 3.63) is 30.3 Å². The SMILES string of the molecule is c1ccc(-n2nnnc2SC[C@H]2CCOCO2)cc1. The molecule has 0 amide bonds. The number of tetrazole rings is 1. The molecule has 1 aromatic heterocycles. The molecule has 0 bridgehead atoms. The van der Waals surface area contributed by atoms with E-state index in [0.717, 1.165) is 29.6 Å². The summed E-state index contributed by atoms with van der Waals surface area (Å²) in [5.41, 5.74) is 0.961. The van der Waals surface area contributed by atoms with Gasteiger partial charge in [0.25, 0.3) is 0 Å². The Hall–Kier alpha value is -1.44. The number of aromatic nitrogens is 4. The molecule has 1 aliphatic heterocycles. The van der Waals surface area contributed by atoms with E-state index in [0.29, 0.717) is 6.79 Å². The molecule has 0 N–H and O–H groups in total. The number of thioether (sulfide) groups is 1. The summed E-state index contributed by atoms with van der Waals surface area (Å²) in [4.78, 5) is 0. The number of ether oxygens (including phenoxy) is 2. The van der Waals surface area contributed by atoms with Crippen molar-refractivity contribution in [2.24, 2.45) is 0 Å². The van der Waals surface area contributed by atoms with Gasteiger partial charge in [-0.05, 0) is 29.0 Å². The molecule has 0 aliphatic carbocycles. The van der Waals surface area contributed by atoms with E-state index in [2.05, 4.69) is 15.5 Å². The molecule has 0 spiro atoms. The maximum absolute atomic E-state index is 5.50. The summed E-state index contributed by atoms with van der Waals surface area (Å²) in [5.74, 6) is 0.830. The van der Waals surface area contributed by atoms with Crippen LogP contribution in [0.2, 0.25) is 0 Å². The maximum atomic E-state index is 5.50. The van der Waals surface area contributed by atoms with Gasteiger partial charge in [0.2, 0.25) is 5.16 Å². The van der Waals surface area contributed by atoms with E-state index >= 15 is 0 Å². The number of benzene rings is 1. The second-order valence-corrected chi connectivity index (χ2v) is 5.11. The monoisotopic (exact) mass is 278 g/mol. The topological polar surface area (TPSA) is 62.1 Å². The smallest absolute Gasteiger partial charge is 0.214 e. The van der Waals surface area contributed by atoms with Crippen LogP contribution in [0.5, 0.6) is 0 Å². The van der Waals surface area contributed by atoms with Gasteiger partial charge in [0.1, 0.15) is 6.79 Å². The molecule has 0 radical (unpaired) electrons. The minimum Gasteiger partial charge on any atom is -0.355 e. The fourth-order valence-electron chi connectivity index (χ4n) is 1.80. The normalized spacial score (nSPS) is 19.5. The van der Waals surface area contributed by atoms with Crippen molar-refractivity contribution in [3.63, 3.8) is 0 Å². The molecule has 2 aromatic rings. The Balaban J connectivity index is 1.67. The Kier molecular flexibility index (Phi) is 4.07. The zero-order valence-electron chi connectivity index (χ0n) is 10.3. The molecule has 3 rings (SSSR count). The molecule has 0 saturated carbocycles. The predicted molar refractivity (Wildman–Crippen MR) is 70.2 cm³/mol. The standard InChI is InChI=1S/C12H14N4O2S/c1-2-4-10(5-3-1)16-12(13-14-15-16)19-8-11-6-7-17-9-18-11/h1-5,11H,6-9H2/t11-/m1/s1. The van der Waals surface area contributed by atoms with Crippen molar-refractivity contribution in [2.45, 2.75) is 17.7 Å². The van der Waals surface area contributed by atoms with Crippen molar-refractivity contribution < 1.29 is 9.47 Å². The first-order chi connectivity index (χ1) is 9.43. The van der Waals surface area contributed by atoms with Crippen LogP contribution in [-0.4, -0.2) is 45.5 Å². The van der Waals surface area contributed by atoms with Gasteiger partial charge in [-0.1, -0.05) is 30.0 Å². The number of para-hydroxylation sites is 1. The Morgan fingerprint density at radius 2 is 2.21 bits per heavy atom. The molecule has 1 atom stereocenters. The molecular formula is C12H14N4O2S. The van der Waals surface area contributed by atoms with E-state index < -0.39 is 0 Å². The molecular weight excluding hydrogens is 264 g/mol. The van der Waals surface area contributed by atoms with Crippen LogP contribution in [0.3, 0.4) is 0 Å². The molecule has 1 aromatic carbocycles. The Morgan fingerprint density at radius 3 is 3.00 bits per heavy atom. The van der Waals surface area contributed by atoms with E-state index in [1.54, 1.807) is 16.4 Å². The van der Waals surface area contributed by atoms with Crippen molar-refractivity contribution in [1.82, 2.24) is 20.2 Å². The van der Waals surface area contributed by atoms with Crippen molar-refractivity contribution >= 4 is 11.8 Å². The third-order valence-corrected chi connectivity index (χ3v) is 3.86. The highest BCUT2D eigenvalue weighted by molar-refractivity contribution is 7.99. The van der Waals surface area contributed by atoms with E-state index in [1.165, 1.54) is 0 Å². The minimum atomic E-state index is 0.208. The van der Waals surface area contributed by atoms with Crippen molar-refractivity contribution in [2.75, 3.05) is 19.2 Å². The first kappa shape index (κ1) is 12.6. The highest BCUT2D eigenvalue weighted by atomic mass is 32.2. The van der Waals surface area contributed by atoms with Crippen LogP contribution in [-0.2, 0) is 9.47 Å². The lowest BCUT2D eigenvalue weighted by Gasteiger charge is -2.21. The quantitative estimate of drug-likeness (QED) is 0.790. The average Bonchev–Trinajstić information content (AvgIpc) is 2.95. The summed E-state index contributed by atoms with van der Waals surface area (Å²) in [6, 6.07) is 9.85. The Labute approximate surface area is 115 Å². The third-order valence-electron chi connectivity index (χ3n) is 2.81. The van der Waals surface area contributed by atoms with Gasteiger partial charge >= 0.3 is 0 Å². The van der Waals surface area contributed by atoms with Crippen molar-refractivity contribution in [1.29, 1.82) is 0 Å². The lowest BCUT2D eigenvalue weighted by Crippen LogP contribution is -2.25. The minimum absolute atomic E-state index is 0.208. The maximum Gasteiger partial charge on any atom is 0.214 e. The highest BCUT2D eigenvalue weighted by Crippen LogP contribution is 2.21. The highest BCUT2D eigenvalue weighted by Gasteiger charge is 2.17. The lowest BCUT2D eigenvalue weighted by atomic mass is 10.3. The molecule has 7 heteroatoms. The van der Waals surface area contributed by atoms with Gasteiger partial charge in [-0.15, -0.1) is 5.10 Å². The summed E-state index contributed by atoms with van der Waals surface area (Å²) in [5, 5.41) is 12.6. The second kappa shape index (κ2) is 6.14. The van der Waals surface area contributed by atoms with Gasteiger partial charge in [-0.2, -0.15) is 4.68 Å². The van der Waals surface area contributed by atoms with Crippen LogP contribution >= 0.6 is 11.8 Å². The van der Waals surface area contributed by atoms with Crippen LogP contribution in [0.25, 0.3) is 5.69 Å². The fourth-order valence-corrected chi connectivity index (χ4v) is 2.76. The van der Waals surface area contributed by atoms with Gasteiger partial charge in [-0.25, -0.2) is 0 Å². The van der Waals surface area contributed by atoms with Gasteiger partial charge in [-0.3, -0.25) is 0 Å². The first-order valence-corrected chi connectivity index (χ1v) is 7.08. The third kappa shape index (κ3) is 3.12. The lowest BCUT2D eigenvalue weighted by molar-refractivity contribution is -0.130. The second-order valence-electron chi connectivity index (χ2n) is 4.12. The van der Waals surface area contributed by atoms with Crippen LogP contribution in [0.4, 0.5) is 0 Å².